The molecule has 0 amide bonds. The summed E-state index contributed by atoms with van der Waals surface area (Å²) in [6.45, 7) is 4.35. The van der Waals surface area contributed by atoms with Gasteiger partial charge in [-0.3, -0.25) is 0 Å². The van der Waals surface area contributed by atoms with Crippen molar-refractivity contribution < 1.29 is 22.3 Å². The Kier molecular flexibility index (Phi) is 4.67. The molecule has 0 saturated carbocycles. The van der Waals surface area contributed by atoms with Crippen LogP contribution in [0.1, 0.15) is 13.8 Å². The first-order valence-electron chi connectivity index (χ1n) is 6.67. The second kappa shape index (κ2) is 6.00. The van der Waals surface area contributed by atoms with Gasteiger partial charge in [0.1, 0.15) is 5.82 Å². The third-order valence-electron chi connectivity index (χ3n) is 3.24. The lowest BCUT2D eigenvalue weighted by atomic mass is 10.1. The average molecular weight is 317 g/mol. The molecule has 0 aromatic heterocycles. The van der Waals surface area contributed by atoms with E-state index in [1.165, 1.54) is 29.6 Å². The van der Waals surface area contributed by atoms with Crippen LogP contribution in [0.4, 0.5) is 4.39 Å². The first-order valence-corrected chi connectivity index (χ1v) is 8.11. The molecule has 0 N–H and O–H groups in total. The Hall–Kier alpha value is -1.02. The molecule has 0 radical (unpaired) electrons. The smallest absolute Gasteiger partial charge is 0.243 e. The standard InChI is InChI=1S/C14H20FNO4S/c1-14(2)10-16(8-12(20-14)9-19-3)21(17,18)13-6-4-5-11(15)7-13/h4-7,12H,8-10H2,1-3H3. The Morgan fingerprint density at radius 3 is 2.81 bits per heavy atom. The molecule has 118 valence electrons. The Labute approximate surface area is 124 Å². The number of halogens is 1. The van der Waals surface area contributed by atoms with Gasteiger partial charge in [0, 0.05) is 20.2 Å². The highest BCUT2D eigenvalue weighted by Gasteiger charge is 2.39. The van der Waals surface area contributed by atoms with E-state index in [1.54, 1.807) is 0 Å². The number of hydrogen-bond acceptors (Lipinski definition) is 4. The van der Waals surface area contributed by atoms with E-state index >= 15 is 0 Å². The molecule has 1 aromatic rings. The molecule has 1 fully saturated rings. The number of morpholine rings is 1. The van der Waals surface area contributed by atoms with E-state index in [2.05, 4.69) is 0 Å². The van der Waals surface area contributed by atoms with Crippen LogP contribution in [0.3, 0.4) is 0 Å². The molecule has 0 bridgehead atoms. The van der Waals surface area contributed by atoms with Crippen molar-refractivity contribution in [2.24, 2.45) is 0 Å². The van der Waals surface area contributed by atoms with Crippen LogP contribution < -0.4 is 0 Å². The summed E-state index contributed by atoms with van der Waals surface area (Å²) in [4.78, 5) is -0.0450. The Bertz CT molecular complexity index is 603. The number of ether oxygens (including phenoxy) is 2. The van der Waals surface area contributed by atoms with Gasteiger partial charge in [-0.05, 0) is 32.0 Å². The van der Waals surface area contributed by atoms with Crippen LogP contribution in [-0.4, -0.2) is 51.2 Å². The third kappa shape index (κ3) is 3.79. The molecular formula is C14H20FNO4S. The highest BCUT2D eigenvalue weighted by molar-refractivity contribution is 7.89. The van der Waals surface area contributed by atoms with Gasteiger partial charge in [-0.15, -0.1) is 0 Å². The number of benzene rings is 1. The van der Waals surface area contributed by atoms with E-state index in [4.69, 9.17) is 9.47 Å². The number of hydrogen-bond donors (Lipinski definition) is 0. The van der Waals surface area contributed by atoms with Gasteiger partial charge in [-0.1, -0.05) is 6.07 Å². The van der Waals surface area contributed by atoms with E-state index in [9.17, 15) is 12.8 Å². The molecule has 7 heteroatoms. The molecule has 2 rings (SSSR count). The Morgan fingerprint density at radius 1 is 1.48 bits per heavy atom. The minimum Gasteiger partial charge on any atom is -0.382 e. The van der Waals surface area contributed by atoms with Gasteiger partial charge in [-0.25, -0.2) is 12.8 Å². The van der Waals surface area contributed by atoms with Gasteiger partial charge < -0.3 is 9.47 Å². The van der Waals surface area contributed by atoms with Gasteiger partial charge in [0.05, 0.1) is 23.2 Å². The van der Waals surface area contributed by atoms with Crippen molar-refractivity contribution in [3.63, 3.8) is 0 Å². The van der Waals surface area contributed by atoms with Crippen LogP contribution in [0.25, 0.3) is 0 Å². The van der Waals surface area contributed by atoms with Gasteiger partial charge in [-0.2, -0.15) is 4.31 Å². The van der Waals surface area contributed by atoms with Crippen molar-refractivity contribution in [1.82, 2.24) is 4.31 Å². The van der Waals surface area contributed by atoms with Crippen molar-refractivity contribution in [2.75, 3.05) is 26.8 Å². The van der Waals surface area contributed by atoms with Crippen LogP contribution in [0.15, 0.2) is 29.2 Å². The normalized spacial score (nSPS) is 23.1. The van der Waals surface area contributed by atoms with Crippen molar-refractivity contribution in [2.45, 2.75) is 30.4 Å². The van der Waals surface area contributed by atoms with E-state index in [0.29, 0.717) is 6.61 Å². The molecule has 1 aliphatic heterocycles. The summed E-state index contributed by atoms with van der Waals surface area (Å²) < 4.78 is 50.7. The molecule has 1 saturated heterocycles. The fraction of sp³-hybridized carbons (Fsp3) is 0.571. The molecule has 5 nitrogen and oxygen atoms in total. The summed E-state index contributed by atoms with van der Waals surface area (Å²) in [7, 11) is -2.21. The molecule has 1 aliphatic rings. The minimum absolute atomic E-state index is 0.0450. The van der Waals surface area contributed by atoms with Gasteiger partial charge in [0.15, 0.2) is 0 Å². The summed E-state index contributed by atoms with van der Waals surface area (Å²) in [5.41, 5.74) is -0.623. The molecule has 0 spiro atoms. The van der Waals surface area contributed by atoms with Crippen LogP contribution in [0.2, 0.25) is 0 Å². The van der Waals surface area contributed by atoms with E-state index in [-0.39, 0.29) is 24.1 Å². The fourth-order valence-electron chi connectivity index (χ4n) is 2.47. The van der Waals surface area contributed by atoms with Crippen LogP contribution in [0, 0.1) is 5.82 Å². The van der Waals surface area contributed by atoms with Gasteiger partial charge in [0.25, 0.3) is 0 Å². The van der Waals surface area contributed by atoms with Crippen molar-refractivity contribution >= 4 is 10.0 Å². The number of nitrogens with zero attached hydrogens (tertiary/aromatic N) is 1. The molecule has 0 aliphatic carbocycles. The fourth-order valence-corrected chi connectivity index (χ4v) is 4.13. The molecule has 1 unspecified atom stereocenters. The third-order valence-corrected chi connectivity index (χ3v) is 5.04. The van der Waals surface area contributed by atoms with Crippen LogP contribution in [0.5, 0.6) is 0 Å². The zero-order chi connectivity index (χ0) is 15.7. The maximum absolute atomic E-state index is 13.3. The molecular weight excluding hydrogens is 297 g/mol. The van der Waals surface area contributed by atoms with Crippen LogP contribution >= 0.6 is 0 Å². The highest BCUT2D eigenvalue weighted by Crippen LogP contribution is 2.26. The highest BCUT2D eigenvalue weighted by atomic mass is 32.2. The average Bonchev–Trinajstić information content (AvgIpc) is 2.37. The van der Waals surface area contributed by atoms with Gasteiger partial charge in [0.2, 0.25) is 10.0 Å². The maximum Gasteiger partial charge on any atom is 0.243 e. The molecule has 1 atom stereocenters. The Morgan fingerprint density at radius 2 is 2.19 bits per heavy atom. The quantitative estimate of drug-likeness (QED) is 0.847. The van der Waals surface area contributed by atoms with E-state index in [1.807, 2.05) is 13.8 Å². The maximum atomic E-state index is 13.3. The molecule has 1 heterocycles. The largest absolute Gasteiger partial charge is 0.382 e. The first kappa shape index (κ1) is 16.4. The number of sulfonamides is 1. The topological polar surface area (TPSA) is 55.8 Å². The number of methoxy groups -OCH3 is 1. The zero-order valence-corrected chi connectivity index (χ0v) is 13.2. The first-order chi connectivity index (χ1) is 9.74. The SMILES string of the molecule is COCC1CN(S(=O)(=O)c2cccc(F)c2)CC(C)(C)O1. The zero-order valence-electron chi connectivity index (χ0n) is 12.4. The van der Waals surface area contributed by atoms with Crippen molar-refractivity contribution in [3.8, 4) is 0 Å². The van der Waals surface area contributed by atoms with Crippen LogP contribution in [-0.2, 0) is 19.5 Å². The predicted molar refractivity (Wildman–Crippen MR) is 76.0 cm³/mol. The second-order valence-corrected chi connectivity index (χ2v) is 7.65. The molecule has 21 heavy (non-hydrogen) atoms. The lowest BCUT2D eigenvalue weighted by Gasteiger charge is -2.41. The minimum atomic E-state index is -3.75. The summed E-state index contributed by atoms with van der Waals surface area (Å²) in [6, 6.07) is 5.03. The monoisotopic (exact) mass is 317 g/mol. The van der Waals surface area contributed by atoms with E-state index in [0.717, 1.165) is 6.07 Å². The summed E-state index contributed by atoms with van der Waals surface area (Å²) in [6.07, 6.45) is -0.345. The van der Waals surface area contributed by atoms with Crippen molar-refractivity contribution in [1.29, 1.82) is 0 Å². The summed E-state index contributed by atoms with van der Waals surface area (Å²) >= 11 is 0. The Balaban J connectivity index is 2.30. The van der Waals surface area contributed by atoms with Crippen molar-refractivity contribution in [3.05, 3.63) is 30.1 Å². The second-order valence-electron chi connectivity index (χ2n) is 5.71. The lowest BCUT2D eigenvalue weighted by molar-refractivity contribution is -0.135. The summed E-state index contributed by atoms with van der Waals surface area (Å²) in [5.74, 6) is -0.572. The molecule has 1 aromatic carbocycles. The van der Waals surface area contributed by atoms with Gasteiger partial charge >= 0.3 is 0 Å². The number of rotatable bonds is 4. The predicted octanol–water partition coefficient (Wildman–Crippen LogP) is 1.64. The summed E-state index contributed by atoms with van der Waals surface area (Å²) in [5, 5.41) is 0. The lowest BCUT2D eigenvalue weighted by Crippen LogP contribution is -2.55. The van der Waals surface area contributed by atoms with E-state index < -0.39 is 21.4 Å².